The van der Waals surface area contributed by atoms with E-state index >= 15 is 0 Å². The number of nitrogens with zero attached hydrogens (tertiary/aromatic N) is 1. The highest BCUT2D eigenvalue weighted by Gasteiger charge is 2.29. The minimum Gasteiger partial charge on any atom is -0.487 e. The quantitative estimate of drug-likeness (QED) is 0.0991. The molecule has 0 aliphatic carbocycles. The van der Waals surface area contributed by atoms with E-state index in [9.17, 15) is 9.59 Å². The molecule has 0 spiro atoms. The Labute approximate surface area is 268 Å². The van der Waals surface area contributed by atoms with E-state index in [2.05, 4.69) is 61.0 Å². The number of carbonyl (C=O) groups is 2. The van der Waals surface area contributed by atoms with Crippen LogP contribution in [0.15, 0.2) is 108 Å². The first kappa shape index (κ1) is 30.7. The van der Waals surface area contributed by atoms with Crippen molar-refractivity contribution < 1.29 is 14.3 Å². The van der Waals surface area contributed by atoms with Crippen LogP contribution in [0.4, 0.5) is 0 Å². The van der Waals surface area contributed by atoms with Gasteiger partial charge < -0.3 is 10.1 Å². The van der Waals surface area contributed by atoms with Crippen LogP contribution in [0, 0.1) is 13.1 Å². The van der Waals surface area contributed by atoms with Crippen molar-refractivity contribution in [3.8, 4) is 5.75 Å². The van der Waals surface area contributed by atoms with E-state index in [-0.39, 0.29) is 17.7 Å². The first-order valence-corrected chi connectivity index (χ1v) is 15.4. The zero-order chi connectivity index (χ0) is 29.2. The van der Waals surface area contributed by atoms with Gasteiger partial charge in [-0.3, -0.25) is 9.59 Å². The molecule has 0 saturated heterocycles. The van der Waals surface area contributed by atoms with Crippen LogP contribution in [0.3, 0.4) is 0 Å². The monoisotopic (exact) mass is 771 g/mol. The number of benzene rings is 4. The Hall–Kier alpha value is -3.25. The molecule has 8 heteroatoms. The Kier molecular flexibility index (Phi) is 11.3. The molecule has 1 atom stereocenters. The van der Waals surface area contributed by atoms with Crippen LogP contribution in [-0.4, -0.2) is 24.1 Å². The smallest absolute Gasteiger partial charge is 0.262 e. The third-order valence-electron chi connectivity index (χ3n) is 6.41. The van der Waals surface area contributed by atoms with Crippen LogP contribution in [0.1, 0.15) is 42.0 Å². The summed E-state index contributed by atoms with van der Waals surface area (Å²) in [7, 11) is 0. The van der Waals surface area contributed by atoms with Crippen LogP contribution in [0.2, 0.25) is 0 Å². The topological polar surface area (TPSA) is 79.8 Å². The van der Waals surface area contributed by atoms with Gasteiger partial charge in [-0.1, -0.05) is 105 Å². The van der Waals surface area contributed by atoms with Gasteiger partial charge in [0.25, 0.3) is 5.91 Å². The summed E-state index contributed by atoms with van der Waals surface area (Å²) in [5, 5.41) is 7.17. The molecule has 2 N–H and O–H groups in total. The summed E-state index contributed by atoms with van der Waals surface area (Å²) < 4.78 is 7.95. The van der Waals surface area contributed by atoms with Crippen LogP contribution in [0.25, 0.3) is 0 Å². The second-order valence-corrected chi connectivity index (χ2v) is 12.1. The van der Waals surface area contributed by atoms with Gasteiger partial charge >= 0.3 is 0 Å². The molecule has 0 fully saturated rings. The summed E-state index contributed by atoms with van der Waals surface area (Å²) in [6.45, 7) is 4.27. The molecule has 0 saturated carbocycles. The van der Waals surface area contributed by atoms with E-state index in [0.29, 0.717) is 6.61 Å². The van der Waals surface area contributed by atoms with Crippen molar-refractivity contribution in [3.05, 3.63) is 133 Å². The van der Waals surface area contributed by atoms with Crippen LogP contribution in [0.5, 0.6) is 5.75 Å². The van der Waals surface area contributed by atoms with Gasteiger partial charge in [0, 0.05) is 0 Å². The zero-order valence-corrected chi connectivity index (χ0v) is 27.1. The first-order valence-electron chi connectivity index (χ1n) is 13.2. The molecule has 0 aliphatic heterocycles. The Balaban J connectivity index is 1.42. The molecule has 0 heterocycles. The molecular formula is C33H31I2N3O3. The highest BCUT2D eigenvalue weighted by atomic mass is 127. The number of nitrogens with one attached hydrogen (secondary N) is 2. The fraction of sp³-hybridized carbons (Fsp3) is 0.182. The molecule has 4 aromatic carbocycles. The Morgan fingerprint density at radius 3 is 1.83 bits per heavy atom. The van der Waals surface area contributed by atoms with Crippen LogP contribution in [-0.2, 0) is 16.2 Å². The molecule has 0 bridgehead atoms. The molecule has 4 aromatic rings. The minimum absolute atomic E-state index is 0.149. The van der Waals surface area contributed by atoms with Crippen LogP contribution < -0.4 is 15.5 Å². The SMILES string of the molecule is CC(C)[C@H](NC(=O)C(c1ccccc1)c1ccccc1)C(=O)N/N=C\c1cc(I)c(OCc2ccccc2)c(I)c1. The zero-order valence-electron chi connectivity index (χ0n) is 22.8. The van der Waals surface area contributed by atoms with Gasteiger partial charge in [-0.15, -0.1) is 0 Å². The lowest BCUT2D eigenvalue weighted by atomic mass is 9.89. The average Bonchev–Trinajstić information content (AvgIpc) is 2.97. The molecular weight excluding hydrogens is 740 g/mol. The number of rotatable bonds is 11. The number of hydrogen-bond acceptors (Lipinski definition) is 4. The second kappa shape index (κ2) is 15.1. The van der Waals surface area contributed by atoms with E-state index < -0.39 is 12.0 Å². The number of carbonyl (C=O) groups excluding carboxylic acids is 2. The average molecular weight is 771 g/mol. The van der Waals surface area contributed by atoms with Gasteiger partial charge in [0.05, 0.1) is 19.3 Å². The van der Waals surface area contributed by atoms with E-state index in [4.69, 9.17) is 4.74 Å². The largest absolute Gasteiger partial charge is 0.487 e. The maximum atomic E-state index is 13.6. The van der Waals surface area contributed by atoms with Gasteiger partial charge in [0.15, 0.2) is 0 Å². The number of hydrazone groups is 1. The number of hydrogen-bond donors (Lipinski definition) is 2. The minimum atomic E-state index is -0.761. The molecule has 0 radical (unpaired) electrons. The lowest BCUT2D eigenvalue weighted by Crippen LogP contribution is -2.50. The summed E-state index contributed by atoms with van der Waals surface area (Å²) in [5.41, 5.74) is 6.25. The van der Waals surface area contributed by atoms with Gasteiger partial charge in [0.2, 0.25) is 5.91 Å². The third-order valence-corrected chi connectivity index (χ3v) is 8.01. The maximum absolute atomic E-state index is 13.6. The van der Waals surface area contributed by atoms with Crippen molar-refractivity contribution in [3.63, 3.8) is 0 Å². The van der Waals surface area contributed by atoms with Gasteiger partial charge in [-0.2, -0.15) is 5.10 Å². The fourth-order valence-corrected chi connectivity index (χ4v) is 6.45. The number of amides is 2. The van der Waals surface area contributed by atoms with Crippen molar-refractivity contribution in [1.82, 2.24) is 10.7 Å². The molecule has 2 amide bonds. The summed E-state index contributed by atoms with van der Waals surface area (Å²) in [6.07, 6.45) is 1.60. The second-order valence-electron chi connectivity index (χ2n) is 9.81. The molecule has 41 heavy (non-hydrogen) atoms. The first-order chi connectivity index (χ1) is 19.8. The number of halogens is 2. The van der Waals surface area contributed by atoms with Crippen molar-refractivity contribution in [2.24, 2.45) is 11.0 Å². The molecule has 210 valence electrons. The summed E-state index contributed by atoms with van der Waals surface area (Å²) in [4.78, 5) is 26.7. The predicted octanol–water partition coefficient (Wildman–Crippen LogP) is 6.90. The van der Waals surface area contributed by atoms with Crippen LogP contribution >= 0.6 is 45.2 Å². The fourth-order valence-electron chi connectivity index (χ4n) is 4.32. The lowest BCUT2D eigenvalue weighted by Gasteiger charge is -2.24. The van der Waals surface area contributed by atoms with E-state index in [0.717, 1.165) is 35.1 Å². The van der Waals surface area contributed by atoms with Gasteiger partial charge in [-0.05, 0) is 85.5 Å². The normalized spacial score (nSPS) is 12.0. The van der Waals surface area contributed by atoms with Gasteiger partial charge in [0.1, 0.15) is 18.4 Å². The van der Waals surface area contributed by atoms with Crippen molar-refractivity contribution in [2.45, 2.75) is 32.4 Å². The Bertz CT molecular complexity index is 1420. The van der Waals surface area contributed by atoms with Crippen molar-refractivity contribution in [2.75, 3.05) is 0 Å². The molecule has 0 unspecified atom stereocenters. The summed E-state index contributed by atoms with van der Waals surface area (Å²) in [5.74, 6) is -0.497. The third kappa shape index (κ3) is 8.62. The molecule has 4 rings (SSSR count). The predicted molar refractivity (Wildman–Crippen MR) is 180 cm³/mol. The molecule has 0 aromatic heterocycles. The van der Waals surface area contributed by atoms with Gasteiger partial charge in [-0.25, -0.2) is 5.43 Å². The lowest BCUT2D eigenvalue weighted by molar-refractivity contribution is -0.130. The van der Waals surface area contributed by atoms with E-state index in [1.165, 1.54) is 0 Å². The van der Waals surface area contributed by atoms with Crippen molar-refractivity contribution >= 4 is 63.2 Å². The Morgan fingerprint density at radius 1 is 0.805 bits per heavy atom. The molecule has 0 aliphatic rings. The maximum Gasteiger partial charge on any atom is 0.262 e. The summed E-state index contributed by atoms with van der Waals surface area (Å²) >= 11 is 4.48. The van der Waals surface area contributed by atoms with E-state index in [1.54, 1.807) is 6.21 Å². The number of ether oxygens (including phenoxy) is 1. The summed E-state index contributed by atoms with van der Waals surface area (Å²) in [6, 6.07) is 32.3. The standard InChI is InChI=1S/C33H31I2N3O3/c1-22(2)30(37-32(39)29(25-14-8-4-9-15-25)26-16-10-5-11-17-26)33(40)38-36-20-24-18-27(34)31(28(35)19-24)41-21-23-12-6-3-7-13-23/h3-20,22,29-30H,21H2,1-2H3,(H,37,39)(H,38,40)/b36-20-/t30-/m0/s1. The van der Waals surface area contributed by atoms with E-state index in [1.807, 2.05) is 117 Å². The van der Waals surface area contributed by atoms with Crippen molar-refractivity contribution in [1.29, 1.82) is 0 Å². The highest BCUT2D eigenvalue weighted by Crippen LogP contribution is 2.29. The molecule has 6 nitrogen and oxygen atoms in total. The highest BCUT2D eigenvalue weighted by molar-refractivity contribution is 14.1. The Morgan fingerprint density at radius 2 is 1.32 bits per heavy atom.